The molecule has 2 aliphatic rings. The summed E-state index contributed by atoms with van der Waals surface area (Å²) in [4.78, 5) is 23.6. The largest absolute Gasteiger partial charge is 0.388 e. The number of rotatable bonds is 7. The Morgan fingerprint density at radius 3 is 2.88 bits per heavy atom. The third kappa shape index (κ3) is 4.73. The topological polar surface area (TPSA) is 109 Å². The van der Waals surface area contributed by atoms with Gasteiger partial charge in [0.25, 0.3) is 0 Å². The van der Waals surface area contributed by atoms with E-state index in [2.05, 4.69) is 16.0 Å². The molecule has 5 atom stereocenters. The van der Waals surface area contributed by atoms with Crippen LogP contribution in [0.15, 0.2) is 17.5 Å². The highest BCUT2D eigenvalue weighted by Crippen LogP contribution is 2.35. The van der Waals surface area contributed by atoms with Crippen molar-refractivity contribution < 1.29 is 24.2 Å². The number of ether oxygens (including phenoxy) is 2. The van der Waals surface area contributed by atoms with Gasteiger partial charge in [0.05, 0.1) is 23.6 Å². The fraction of sp³-hybridized carbons (Fsp3) is 0.647. The van der Waals surface area contributed by atoms with Gasteiger partial charge in [-0.05, 0) is 23.9 Å². The van der Waals surface area contributed by atoms with Crippen molar-refractivity contribution in [3.05, 3.63) is 17.5 Å². The van der Waals surface area contributed by atoms with Crippen molar-refractivity contribution in [1.82, 2.24) is 10.6 Å². The molecule has 0 aromatic carbocycles. The van der Waals surface area contributed by atoms with Crippen LogP contribution in [0.4, 0.5) is 9.80 Å². The summed E-state index contributed by atoms with van der Waals surface area (Å²) < 4.78 is 11.6. The van der Waals surface area contributed by atoms with Crippen molar-refractivity contribution in [1.29, 1.82) is 0 Å². The van der Waals surface area contributed by atoms with E-state index in [4.69, 9.17) is 9.47 Å². The first-order valence-electron chi connectivity index (χ1n) is 8.91. The van der Waals surface area contributed by atoms with E-state index in [1.54, 1.807) is 6.07 Å². The van der Waals surface area contributed by atoms with Gasteiger partial charge in [0, 0.05) is 19.5 Å². The van der Waals surface area contributed by atoms with Crippen LogP contribution >= 0.6 is 11.3 Å². The number of amides is 3. The molecule has 0 bridgehead atoms. The van der Waals surface area contributed by atoms with Crippen molar-refractivity contribution >= 4 is 28.3 Å². The maximum Gasteiger partial charge on any atom is 0.319 e. The molecule has 3 rings (SSSR count). The number of hydrogen-bond acceptors (Lipinski definition) is 6. The number of aliphatic hydroxyl groups is 1. The van der Waals surface area contributed by atoms with E-state index < -0.39 is 18.3 Å². The van der Waals surface area contributed by atoms with E-state index in [9.17, 15) is 14.7 Å². The third-order valence-corrected chi connectivity index (χ3v) is 5.27. The molecule has 8 nitrogen and oxygen atoms in total. The normalized spacial score (nSPS) is 30.0. The van der Waals surface area contributed by atoms with Crippen LogP contribution in [0.1, 0.15) is 26.2 Å². The highest BCUT2D eigenvalue weighted by Gasteiger charge is 2.50. The van der Waals surface area contributed by atoms with Crippen molar-refractivity contribution in [3.63, 3.8) is 0 Å². The van der Waals surface area contributed by atoms with Crippen molar-refractivity contribution in [2.45, 2.75) is 56.7 Å². The zero-order chi connectivity index (χ0) is 18.5. The van der Waals surface area contributed by atoms with E-state index in [0.29, 0.717) is 13.0 Å². The Balaban J connectivity index is 1.40. The van der Waals surface area contributed by atoms with Crippen molar-refractivity contribution in [3.8, 4) is 0 Å². The van der Waals surface area contributed by atoms with E-state index in [1.807, 2.05) is 18.4 Å². The average molecular weight is 383 g/mol. The summed E-state index contributed by atoms with van der Waals surface area (Å²) in [7, 11) is 0. The predicted molar refractivity (Wildman–Crippen MR) is 97.2 cm³/mol. The first-order chi connectivity index (χ1) is 12.6. The zero-order valence-corrected chi connectivity index (χ0v) is 15.5. The monoisotopic (exact) mass is 383 g/mol. The van der Waals surface area contributed by atoms with Gasteiger partial charge in [-0.15, -0.1) is 11.3 Å². The summed E-state index contributed by atoms with van der Waals surface area (Å²) in [5.74, 6) is -0.0465. The summed E-state index contributed by atoms with van der Waals surface area (Å²) >= 11 is 1.43. The maximum absolute atomic E-state index is 11.9. The zero-order valence-electron chi connectivity index (χ0n) is 14.6. The number of aliphatic hydroxyl groups excluding tert-OH is 1. The van der Waals surface area contributed by atoms with Crippen LogP contribution in [-0.2, 0) is 14.3 Å². The summed E-state index contributed by atoms with van der Waals surface area (Å²) in [6, 6.07) is 3.31. The lowest BCUT2D eigenvalue weighted by atomic mass is 10.1. The highest BCUT2D eigenvalue weighted by atomic mass is 32.1. The molecule has 9 heteroatoms. The van der Waals surface area contributed by atoms with Gasteiger partial charge in [-0.2, -0.15) is 0 Å². The minimum atomic E-state index is -0.828. The average Bonchev–Trinajstić information content (AvgIpc) is 3.31. The van der Waals surface area contributed by atoms with Gasteiger partial charge in [-0.25, -0.2) is 4.79 Å². The van der Waals surface area contributed by atoms with Gasteiger partial charge in [-0.1, -0.05) is 6.92 Å². The van der Waals surface area contributed by atoms with Crippen LogP contribution < -0.4 is 16.0 Å². The SMILES string of the molecule is CCCNC(=O)CC1CC2OC(CNC(=O)Nc3cccs3)C(O)C2O1. The van der Waals surface area contributed by atoms with E-state index in [0.717, 1.165) is 11.4 Å². The molecular formula is C17H25N3O5S. The first kappa shape index (κ1) is 19.1. The number of carbonyl (C=O) groups is 2. The number of thiophene rings is 1. The van der Waals surface area contributed by atoms with Gasteiger partial charge >= 0.3 is 6.03 Å². The van der Waals surface area contributed by atoms with Gasteiger partial charge in [-0.3, -0.25) is 10.1 Å². The third-order valence-electron chi connectivity index (χ3n) is 4.49. The van der Waals surface area contributed by atoms with E-state index in [-0.39, 0.29) is 37.1 Å². The molecule has 1 aromatic heterocycles. The second-order valence-electron chi connectivity index (χ2n) is 6.53. The molecule has 3 heterocycles. The molecule has 0 saturated carbocycles. The van der Waals surface area contributed by atoms with Gasteiger partial charge in [0.2, 0.25) is 5.91 Å². The quantitative estimate of drug-likeness (QED) is 0.563. The molecule has 0 radical (unpaired) electrons. The number of anilines is 1. The Kier molecular flexibility index (Phi) is 6.47. The first-order valence-corrected chi connectivity index (χ1v) is 9.78. The lowest BCUT2D eigenvalue weighted by molar-refractivity contribution is -0.124. The fourth-order valence-corrected chi connectivity index (χ4v) is 3.86. The smallest absolute Gasteiger partial charge is 0.319 e. The Bertz CT molecular complexity index is 612. The molecule has 2 fully saturated rings. The van der Waals surface area contributed by atoms with Crippen LogP contribution in [0.3, 0.4) is 0 Å². The predicted octanol–water partition coefficient (Wildman–Crippen LogP) is 1.07. The van der Waals surface area contributed by atoms with Gasteiger partial charge in [0.1, 0.15) is 18.3 Å². The Labute approximate surface area is 156 Å². The number of carbonyl (C=O) groups excluding carboxylic acids is 2. The second kappa shape index (κ2) is 8.81. The van der Waals surface area contributed by atoms with E-state index >= 15 is 0 Å². The molecule has 4 N–H and O–H groups in total. The standard InChI is InChI=1S/C17H25N3O5S/c1-2-5-18-13(21)8-10-7-11-16(24-10)15(22)12(25-11)9-19-17(23)20-14-4-3-6-26-14/h3-4,6,10-12,15-16,22H,2,5,7-9H2,1H3,(H,18,21)(H2,19,20,23). The Morgan fingerprint density at radius 1 is 1.35 bits per heavy atom. The lowest BCUT2D eigenvalue weighted by Crippen LogP contribution is -2.42. The summed E-state index contributed by atoms with van der Waals surface area (Å²) in [5, 5.41) is 21.3. The molecule has 2 saturated heterocycles. The Hall–Kier alpha value is -1.68. The lowest BCUT2D eigenvalue weighted by Gasteiger charge is -2.20. The molecule has 144 valence electrons. The van der Waals surface area contributed by atoms with Crippen LogP contribution in [0.25, 0.3) is 0 Å². The van der Waals surface area contributed by atoms with Gasteiger partial charge in [0.15, 0.2) is 0 Å². The summed E-state index contributed by atoms with van der Waals surface area (Å²) in [6.07, 6.45) is -0.563. The van der Waals surface area contributed by atoms with Crippen molar-refractivity contribution in [2.75, 3.05) is 18.4 Å². The maximum atomic E-state index is 11.9. The molecule has 0 spiro atoms. The molecule has 3 amide bonds. The summed E-state index contributed by atoms with van der Waals surface area (Å²) in [6.45, 7) is 2.84. The number of hydrogen-bond donors (Lipinski definition) is 4. The van der Waals surface area contributed by atoms with Crippen LogP contribution in [0, 0.1) is 0 Å². The number of urea groups is 1. The van der Waals surface area contributed by atoms with Crippen LogP contribution in [-0.4, -0.2) is 60.7 Å². The second-order valence-corrected chi connectivity index (χ2v) is 7.48. The Morgan fingerprint density at radius 2 is 2.19 bits per heavy atom. The molecule has 0 aliphatic carbocycles. The molecule has 1 aromatic rings. The summed E-state index contributed by atoms with van der Waals surface area (Å²) in [5.41, 5.74) is 0. The minimum Gasteiger partial charge on any atom is -0.388 e. The van der Waals surface area contributed by atoms with Crippen LogP contribution in [0.2, 0.25) is 0 Å². The molecule has 5 unspecified atom stereocenters. The number of fused-ring (bicyclic) bond motifs is 1. The molecule has 26 heavy (non-hydrogen) atoms. The van der Waals surface area contributed by atoms with E-state index in [1.165, 1.54) is 11.3 Å². The molecule has 2 aliphatic heterocycles. The number of nitrogens with one attached hydrogen (secondary N) is 3. The fourth-order valence-electron chi connectivity index (χ4n) is 3.25. The van der Waals surface area contributed by atoms with Crippen LogP contribution in [0.5, 0.6) is 0 Å². The molecular weight excluding hydrogens is 358 g/mol. The van der Waals surface area contributed by atoms with Gasteiger partial charge < -0.3 is 25.2 Å². The van der Waals surface area contributed by atoms with Crippen molar-refractivity contribution in [2.24, 2.45) is 0 Å². The highest BCUT2D eigenvalue weighted by molar-refractivity contribution is 7.14. The minimum absolute atomic E-state index is 0.0465.